The van der Waals surface area contributed by atoms with E-state index in [1.54, 1.807) is 6.26 Å². The predicted octanol–water partition coefficient (Wildman–Crippen LogP) is 1.19. The summed E-state index contributed by atoms with van der Waals surface area (Å²) in [4.78, 5) is 5.27. The molecule has 0 aliphatic carbocycles. The van der Waals surface area contributed by atoms with Crippen LogP contribution in [0.4, 0.5) is 0 Å². The fourth-order valence-corrected chi connectivity index (χ4v) is 3.36. The van der Waals surface area contributed by atoms with Crippen molar-refractivity contribution >= 4 is 0 Å². The van der Waals surface area contributed by atoms with Gasteiger partial charge in [0, 0.05) is 51.2 Å². The summed E-state index contributed by atoms with van der Waals surface area (Å²) in [5, 5.41) is 3.73. The molecule has 0 saturated carbocycles. The summed E-state index contributed by atoms with van der Waals surface area (Å²) in [7, 11) is 0. The normalized spacial score (nSPS) is 31.5. The molecule has 3 aliphatic rings. The lowest BCUT2D eigenvalue weighted by molar-refractivity contribution is -0.00376. The van der Waals surface area contributed by atoms with Crippen molar-refractivity contribution in [1.82, 2.24) is 15.1 Å². The predicted molar refractivity (Wildman–Crippen MR) is 76.3 cm³/mol. The first-order valence-electron chi connectivity index (χ1n) is 7.59. The van der Waals surface area contributed by atoms with Gasteiger partial charge in [-0.3, -0.25) is 9.80 Å². The van der Waals surface area contributed by atoms with Gasteiger partial charge in [-0.2, -0.15) is 0 Å². The number of fused-ring (bicyclic) bond motifs is 3. The molecule has 4 heterocycles. The van der Waals surface area contributed by atoms with Gasteiger partial charge in [-0.15, -0.1) is 0 Å². The molecule has 19 heavy (non-hydrogen) atoms. The second-order valence-corrected chi connectivity index (χ2v) is 5.75. The standard InChI is InChI=1S/C15H25N3O/c1-2-5-16-14(11-13-4-3-10-19-13)15-12-17-6-8-18(15)9-7-17/h3-4,10,14-16H,2,5-9,11-12H2,1H3. The van der Waals surface area contributed by atoms with E-state index >= 15 is 0 Å². The Morgan fingerprint density at radius 3 is 2.79 bits per heavy atom. The van der Waals surface area contributed by atoms with Crippen LogP contribution < -0.4 is 5.32 Å². The van der Waals surface area contributed by atoms with Gasteiger partial charge in [-0.25, -0.2) is 0 Å². The Hall–Kier alpha value is -0.840. The highest BCUT2D eigenvalue weighted by atomic mass is 16.3. The van der Waals surface area contributed by atoms with Crippen molar-refractivity contribution in [2.24, 2.45) is 0 Å². The third kappa shape index (κ3) is 3.02. The van der Waals surface area contributed by atoms with Crippen molar-refractivity contribution in [3.63, 3.8) is 0 Å². The molecule has 3 fully saturated rings. The van der Waals surface area contributed by atoms with E-state index in [-0.39, 0.29) is 0 Å². The van der Waals surface area contributed by atoms with E-state index in [1.807, 2.05) is 6.07 Å². The Labute approximate surface area is 115 Å². The maximum atomic E-state index is 5.54. The second kappa shape index (κ2) is 6.07. The Bertz CT molecular complexity index is 371. The molecule has 0 radical (unpaired) electrons. The van der Waals surface area contributed by atoms with E-state index in [2.05, 4.69) is 28.1 Å². The largest absolute Gasteiger partial charge is 0.469 e. The summed E-state index contributed by atoms with van der Waals surface area (Å²) >= 11 is 0. The van der Waals surface area contributed by atoms with E-state index in [0.29, 0.717) is 12.1 Å². The third-order valence-corrected chi connectivity index (χ3v) is 4.44. The topological polar surface area (TPSA) is 31.7 Å². The van der Waals surface area contributed by atoms with Crippen LogP contribution in [-0.4, -0.2) is 61.2 Å². The molecule has 4 heteroatoms. The quantitative estimate of drug-likeness (QED) is 0.835. The third-order valence-electron chi connectivity index (χ3n) is 4.44. The summed E-state index contributed by atoms with van der Waals surface area (Å²) in [5.41, 5.74) is 0. The Morgan fingerprint density at radius 1 is 1.37 bits per heavy atom. The highest BCUT2D eigenvalue weighted by Crippen LogP contribution is 2.20. The molecule has 0 aromatic carbocycles. The Morgan fingerprint density at radius 2 is 2.21 bits per heavy atom. The maximum absolute atomic E-state index is 5.54. The van der Waals surface area contributed by atoms with Gasteiger partial charge in [0.05, 0.1) is 6.26 Å². The first-order chi connectivity index (χ1) is 9.36. The summed E-state index contributed by atoms with van der Waals surface area (Å²) in [6, 6.07) is 5.23. The molecule has 2 unspecified atom stereocenters. The lowest BCUT2D eigenvalue weighted by Gasteiger charge is -2.50. The van der Waals surface area contributed by atoms with Crippen LogP contribution in [0.2, 0.25) is 0 Å². The molecule has 2 atom stereocenters. The van der Waals surface area contributed by atoms with E-state index < -0.39 is 0 Å². The van der Waals surface area contributed by atoms with Crippen LogP contribution in [0.25, 0.3) is 0 Å². The fourth-order valence-electron chi connectivity index (χ4n) is 3.36. The molecule has 0 spiro atoms. The number of nitrogens with zero attached hydrogens (tertiary/aromatic N) is 2. The zero-order valence-electron chi connectivity index (χ0n) is 11.8. The molecule has 4 rings (SSSR count). The van der Waals surface area contributed by atoms with Gasteiger partial charge in [0.1, 0.15) is 5.76 Å². The first-order valence-corrected chi connectivity index (χ1v) is 7.59. The molecule has 1 aromatic heterocycles. The number of rotatable bonds is 6. The smallest absolute Gasteiger partial charge is 0.105 e. The van der Waals surface area contributed by atoms with Crippen LogP contribution in [0.5, 0.6) is 0 Å². The van der Waals surface area contributed by atoms with E-state index in [0.717, 1.165) is 18.7 Å². The Kier molecular flexibility index (Phi) is 4.21. The van der Waals surface area contributed by atoms with Crippen molar-refractivity contribution < 1.29 is 4.42 Å². The van der Waals surface area contributed by atoms with Crippen molar-refractivity contribution in [1.29, 1.82) is 0 Å². The molecular formula is C15H25N3O. The van der Waals surface area contributed by atoms with Gasteiger partial charge >= 0.3 is 0 Å². The van der Waals surface area contributed by atoms with Crippen LogP contribution in [0.3, 0.4) is 0 Å². The lowest BCUT2D eigenvalue weighted by atomic mass is 9.96. The van der Waals surface area contributed by atoms with Gasteiger partial charge in [0.15, 0.2) is 0 Å². The van der Waals surface area contributed by atoms with Crippen LogP contribution in [0.15, 0.2) is 22.8 Å². The summed E-state index contributed by atoms with van der Waals surface area (Å²) < 4.78 is 5.54. The van der Waals surface area contributed by atoms with Gasteiger partial charge in [0.25, 0.3) is 0 Å². The molecule has 1 aromatic rings. The van der Waals surface area contributed by atoms with Crippen LogP contribution in [-0.2, 0) is 6.42 Å². The minimum Gasteiger partial charge on any atom is -0.469 e. The SMILES string of the molecule is CCCNC(Cc1ccco1)C1CN2CCN1CC2. The monoisotopic (exact) mass is 263 g/mol. The van der Waals surface area contributed by atoms with Gasteiger partial charge in [0.2, 0.25) is 0 Å². The second-order valence-electron chi connectivity index (χ2n) is 5.75. The number of hydrogen-bond donors (Lipinski definition) is 1. The first kappa shape index (κ1) is 13.2. The fraction of sp³-hybridized carbons (Fsp3) is 0.733. The average molecular weight is 263 g/mol. The maximum Gasteiger partial charge on any atom is 0.105 e. The number of nitrogens with one attached hydrogen (secondary N) is 1. The number of hydrogen-bond acceptors (Lipinski definition) is 4. The highest BCUT2D eigenvalue weighted by molar-refractivity contribution is 5.04. The minimum absolute atomic E-state index is 0.509. The van der Waals surface area contributed by atoms with Crippen LogP contribution in [0.1, 0.15) is 19.1 Å². The molecule has 3 saturated heterocycles. The molecule has 0 amide bonds. The van der Waals surface area contributed by atoms with E-state index in [9.17, 15) is 0 Å². The molecule has 2 bridgehead atoms. The number of piperazine rings is 3. The van der Waals surface area contributed by atoms with Gasteiger partial charge in [-0.05, 0) is 25.1 Å². The molecule has 106 valence electrons. The molecule has 4 nitrogen and oxygen atoms in total. The summed E-state index contributed by atoms with van der Waals surface area (Å²) in [6.45, 7) is 9.49. The number of furan rings is 1. The van der Waals surface area contributed by atoms with Crippen molar-refractivity contribution in [3.8, 4) is 0 Å². The summed E-state index contributed by atoms with van der Waals surface area (Å²) in [5.74, 6) is 1.10. The Balaban J connectivity index is 1.67. The molecule has 3 aliphatic heterocycles. The van der Waals surface area contributed by atoms with Crippen LogP contribution in [0, 0.1) is 0 Å². The van der Waals surface area contributed by atoms with Gasteiger partial charge < -0.3 is 9.73 Å². The summed E-state index contributed by atoms with van der Waals surface area (Å²) in [6.07, 6.45) is 3.97. The zero-order valence-corrected chi connectivity index (χ0v) is 11.8. The van der Waals surface area contributed by atoms with Gasteiger partial charge in [-0.1, -0.05) is 6.92 Å². The van der Waals surface area contributed by atoms with E-state index in [1.165, 1.54) is 39.1 Å². The minimum atomic E-state index is 0.509. The van der Waals surface area contributed by atoms with Crippen LogP contribution >= 0.6 is 0 Å². The van der Waals surface area contributed by atoms with Crippen molar-refractivity contribution in [2.75, 3.05) is 39.3 Å². The highest BCUT2D eigenvalue weighted by Gasteiger charge is 2.36. The van der Waals surface area contributed by atoms with Crippen molar-refractivity contribution in [2.45, 2.75) is 31.8 Å². The lowest BCUT2D eigenvalue weighted by Crippen LogP contribution is -2.66. The van der Waals surface area contributed by atoms with E-state index in [4.69, 9.17) is 4.42 Å². The average Bonchev–Trinajstić information content (AvgIpc) is 2.97. The zero-order chi connectivity index (χ0) is 13.1. The van der Waals surface area contributed by atoms with Crippen molar-refractivity contribution in [3.05, 3.63) is 24.2 Å². The molecular weight excluding hydrogens is 238 g/mol. The molecule has 1 N–H and O–H groups in total.